The number of esters is 1. The van der Waals surface area contributed by atoms with E-state index in [-0.39, 0.29) is 18.6 Å². The monoisotopic (exact) mass is 306 g/mol. The lowest BCUT2D eigenvalue weighted by molar-refractivity contribution is -0.158. The average molecular weight is 306 g/mol. The van der Waals surface area contributed by atoms with Gasteiger partial charge < -0.3 is 9.84 Å². The van der Waals surface area contributed by atoms with Gasteiger partial charge in [-0.3, -0.25) is 9.59 Å². The second kappa shape index (κ2) is 8.08. The SMILES string of the molecule is COC(=O)C1(CC=C(C)CCC=C(C)C)CC(O)C=CC1=O. The summed E-state index contributed by atoms with van der Waals surface area (Å²) in [5, 5.41) is 9.80. The zero-order valence-electron chi connectivity index (χ0n) is 13.9. The summed E-state index contributed by atoms with van der Waals surface area (Å²) in [4.78, 5) is 24.4. The van der Waals surface area contributed by atoms with Crippen LogP contribution in [-0.4, -0.2) is 30.1 Å². The topological polar surface area (TPSA) is 63.6 Å². The van der Waals surface area contributed by atoms with Gasteiger partial charge >= 0.3 is 5.97 Å². The highest BCUT2D eigenvalue weighted by Gasteiger charge is 2.47. The largest absolute Gasteiger partial charge is 0.468 e. The third kappa shape index (κ3) is 4.67. The van der Waals surface area contributed by atoms with E-state index in [1.807, 2.05) is 13.0 Å². The Kier molecular flexibility index (Phi) is 6.75. The number of hydrogen-bond acceptors (Lipinski definition) is 4. The lowest BCUT2D eigenvalue weighted by atomic mass is 9.72. The molecule has 4 heteroatoms. The summed E-state index contributed by atoms with van der Waals surface area (Å²) in [6.07, 6.45) is 8.16. The zero-order chi connectivity index (χ0) is 16.8. The van der Waals surface area contributed by atoms with Crippen molar-refractivity contribution >= 4 is 11.8 Å². The molecule has 0 heterocycles. The molecule has 22 heavy (non-hydrogen) atoms. The number of hydrogen-bond donors (Lipinski definition) is 1. The normalized spacial score (nSPS) is 25.0. The second-order valence-electron chi connectivity index (χ2n) is 6.14. The fraction of sp³-hybridized carbons (Fsp3) is 0.556. The van der Waals surface area contributed by atoms with Crippen LogP contribution < -0.4 is 0 Å². The number of carbonyl (C=O) groups is 2. The number of rotatable bonds is 6. The third-order valence-corrected chi connectivity index (χ3v) is 3.97. The Morgan fingerprint density at radius 2 is 2.09 bits per heavy atom. The fourth-order valence-electron chi connectivity index (χ4n) is 2.57. The Morgan fingerprint density at radius 3 is 2.68 bits per heavy atom. The quantitative estimate of drug-likeness (QED) is 0.465. The number of ether oxygens (including phenoxy) is 1. The van der Waals surface area contributed by atoms with Gasteiger partial charge in [-0.25, -0.2) is 0 Å². The number of methoxy groups -OCH3 is 1. The van der Waals surface area contributed by atoms with Crippen LogP contribution in [0.15, 0.2) is 35.5 Å². The summed E-state index contributed by atoms with van der Waals surface area (Å²) in [5.41, 5.74) is 1.10. The predicted octanol–water partition coefficient (Wildman–Crippen LogP) is 3.12. The summed E-state index contributed by atoms with van der Waals surface area (Å²) < 4.78 is 4.81. The first-order valence-electron chi connectivity index (χ1n) is 7.60. The van der Waals surface area contributed by atoms with Gasteiger partial charge in [0.15, 0.2) is 5.78 Å². The van der Waals surface area contributed by atoms with Crippen molar-refractivity contribution in [1.82, 2.24) is 0 Å². The molecule has 1 rings (SSSR count). The van der Waals surface area contributed by atoms with Gasteiger partial charge in [0, 0.05) is 6.42 Å². The lowest BCUT2D eigenvalue weighted by Gasteiger charge is -2.31. The van der Waals surface area contributed by atoms with Crippen LogP contribution in [0.5, 0.6) is 0 Å². The van der Waals surface area contributed by atoms with Crippen LogP contribution in [0.2, 0.25) is 0 Å². The van der Waals surface area contributed by atoms with Crippen molar-refractivity contribution in [1.29, 1.82) is 0 Å². The number of ketones is 1. The molecule has 4 nitrogen and oxygen atoms in total. The molecular weight excluding hydrogens is 280 g/mol. The molecule has 122 valence electrons. The van der Waals surface area contributed by atoms with Crippen molar-refractivity contribution in [3.8, 4) is 0 Å². The van der Waals surface area contributed by atoms with Gasteiger partial charge in [0.2, 0.25) is 0 Å². The van der Waals surface area contributed by atoms with E-state index in [2.05, 4.69) is 19.9 Å². The Labute approximate surface area is 132 Å². The number of aliphatic hydroxyl groups is 1. The lowest BCUT2D eigenvalue weighted by Crippen LogP contribution is -2.44. The van der Waals surface area contributed by atoms with E-state index in [1.165, 1.54) is 24.8 Å². The van der Waals surface area contributed by atoms with Gasteiger partial charge in [0.25, 0.3) is 0 Å². The van der Waals surface area contributed by atoms with Crippen molar-refractivity contribution in [2.75, 3.05) is 7.11 Å². The first kappa shape index (κ1) is 18.4. The first-order valence-corrected chi connectivity index (χ1v) is 7.60. The fourth-order valence-corrected chi connectivity index (χ4v) is 2.57. The molecule has 2 atom stereocenters. The van der Waals surface area contributed by atoms with Gasteiger partial charge in [-0.15, -0.1) is 0 Å². The molecule has 0 aromatic rings. The molecule has 0 saturated heterocycles. The van der Waals surface area contributed by atoms with Crippen LogP contribution >= 0.6 is 0 Å². The summed E-state index contributed by atoms with van der Waals surface area (Å²) in [6.45, 7) is 6.10. The maximum Gasteiger partial charge on any atom is 0.320 e. The van der Waals surface area contributed by atoms with E-state index in [9.17, 15) is 14.7 Å². The highest BCUT2D eigenvalue weighted by atomic mass is 16.5. The van der Waals surface area contributed by atoms with Gasteiger partial charge in [-0.05, 0) is 46.1 Å². The first-order chi connectivity index (χ1) is 10.3. The average Bonchev–Trinajstić information content (AvgIpc) is 2.47. The minimum Gasteiger partial charge on any atom is -0.468 e. The van der Waals surface area contributed by atoms with Crippen LogP contribution in [0.1, 0.15) is 46.5 Å². The van der Waals surface area contributed by atoms with Crippen molar-refractivity contribution in [3.05, 3.63) is 35.5 Å². The highest BCUT2D eigenvalue weighted by molar-refractivity contribution is 6.10. The highest BCUT2D eigenvalue weighted by Crippen LogP contribution is 2.36. The summed E-state index contributed by atoms with van der Waals surface area (Å²) in [5.74, 6) is -0.868. The van der Waals surface area contributed by atoms with E-state index >= 15 is 0 Å². The molecule has 0 fully saturated rings. The molecule has 0 saturated carbocycles. The number of allylic oxidation sites excluding steroid dienone is 5. The molecule has 0 aromatic carbocycles. The van der Waals surface area contributed by atoms with Crippen LogP contribution in [0.3, 0.4) is 0 Å². The smallest absolute Gasteiger partial charge is 0.320 e. The molecule has 1 aliphatic rings. The molecule has 2 unspecified atom stereocenters. The maximum absolute atomic E-state index is 12.2. The Hall–Kier alpha value is -1.68. The zero-order valence-corrected chi connectivity index (χ0v) is 13.9. The molecular formula is C18H26O4. The summed E-state index contributed by atoms with van der Waals surface area (Å²) in [7, 11) is 1.27. The van der Waals surface area contributed by atoms with Gasteiger partial charge in [-0.2, -0.15) is 0 Å². The number of aliphatic hydroxyl groups excluding tert-OH is 1. The standard InChI is InChI=1S/C18H26O4/c1-13(2)6-5-7-14(3)10-11-18(17(21)22-4)12-15(19)8-9-16(18)20/h6,8-10,15,19H,5,7,11-12H2,1-4H3. The second-order valence-corrected chi connectivity index (χ2v) is 6.14. The van der Waals surface area contributed by atoms with E-state index in [1.54, 1.807) is 0 Å². The van der Waals surface area contributed by atoms with Crippen molar-refractivity contribution in [3.63, 3.8) is 0 Å². The molecule has 0 spiro atoms. The maximum atomic E-state index is 12.2. The molecule has 0 aromatic heterocycles. The summed E-state index contributed by atoms with van der Waals surface area (Å²) in [6, 6.07) is 0. The Balaban J connectivity index is 2.87. The van der Waals surface area contributed by atoms with Crippen LogP contribution in [-0.2, 0) is 14.3 Å². The summed E-state index contributed by atoms with van der Waals surface area (Å²) >= 11 is 0. The van der Waals surface area contributed by atoms with E-state index in [0.29, 0.717) is 0 Å². The molecule has 0 bridgehead atoms. The molecule has 1 aliphatic carbocycles. The molecule has 0 aliphatic heterocycles. The van der Waals surface area contributed by atoms with Crippen molar-refractivity contribution < 1.29 is 19.4 Å². The van der Waals surface area contributed by atoms with Crippen LogP contribution in [0, 0.1) is 5.41 Å². The van der Waals surface area contributed by atoms with Gasteiger partial charge in [-0.1, -0.05) is 29.4 Å². The molecule has 1 N–H and O–H groups in total. The predicted molar refractivity (Wildman–Crippen MR) is 86.3 cm³/mol. The van der Waals surface area contributed by atoms with Crippen LogP contribution in [0.4, 0.5) is 0 Å². The minimum atomic E-state index is -1.29. The molecule has 0 radical (unpaired) electrons. The Morgan fingerprint density at radius 1 is 1.41 bits per heavy atom. The third-order valence-electron chi connectivity index (χ3n) is 3.97. The van der Waals surface area contributed by atoms with Gasteiger partial charge in [0.05, 0.1) is 13.2 Å². The Bertz CT molecular complexity index is 509. The van der Waals surface area contributed by atoms with E-state index < -0.39 is 17.5 Å². The van der Waals surface area contributed by atoms with Gasteiger partial charge in [0.1, 0.15) is 5.41 Å². The minimum absolute atomic E-state index is 0.0761. The molecule has 0 amide bonds. The van der Waals surface area contributed by atoms with Crippen LogP contribution in [0.25, 0.3) is 0 Å². The van der Waals surface area contributed by atoms with E-state index in [0.717, 1.165) is 18.4 Å². The van der Waals surface area contributed by atoms with E-state index in [4.69, 9.17) is 4.74 Å². The van der Waals surface area contributed by atoms with Crippen molar-refractivity contribution in [2.24, 2.45) is 5.41 Å². The number of carbonyl (C=O) groups excluding carboxylic acids is 2. The van der Waals surface area contributed by atoms with Crippen molar-refractivity contribution in [2.45, 2.75) is 52.6 Å².